The molecule has 1 aromatic carbocycles. The van der Waals surface area contributed by atoms with Gasteiger partial charge in [0, 0.05) is 31.0 Å². The molecule has 2 aromatic heterocycles. The van der Waals surface area contributed by atoms with Crippen molar-refractivity contribution in [2.45, 2.75) is 24.0 Å². The predicted molar refractivity (Wildman–Crippen MR) is 108 cm³/mol. The molecule has 0 aliphatic rings. The quantitative estimate of drug-likeness (QED) is 0.597. The summed E-state index contributed by atoms with van der Waals surface area (Å²) in [7, 11) is -1.85. The van der Waals surface area contributed by atoms with Gasteiger partial charge in [-0.05, 0) is 24.1 Å². The van der Waals surface area contributed by atoms with Crippen LogP contribution in [0.5, 0.6) is 5.88 Å². The largest absolute Gasteiger partial charge is 0.481 e. The highest BCUT2D eigenvalue weighted by molar-refractivity contribution is 7.89. The lowest BCUT2D eigenvalue weighted by molar-refractivity contribution is -0.143. The highest BCUT2D eigenvalue weighted by Crippen LogP contribution is 2.34. The molecule has 0 radical (unpaired) electrons. The molecule has 2 heterocycles. The van der Waals surface area contributed by atoms with Gasteiger partial charge < -0.3 is 4.74 Å². The Morgan fingerprint density at radius 1 is 1.25 bits per heavy atom. The van der Waals surface area contributed by atoms with Crippen molar-refractivity contribution in [3.63, 3.8) is 0 Å². The van der Waals surface area contributed by atoms with Crippen LogP contribution in [0.4, 0.5) is 13.2 Å². The first-order valence-corrected chi connectivity index (χ1v) is 10.6. The SMILES string of the molecule is COc1ncc(C#N)cc1-c1ccc(C(C)NS(=O)(=O)c2cn(C)nc2C(F)(F)F)cc1. The van der Waals surface area contributed by atoms with Crippen LogP contribution in [0.2, 0.25) is 0 Å². The number of aryl methyl sites for hydroxylation is 1. The number of nitrogens with zero attached hydrogens (tertiary/aromatic N) is 4. The summed E-state index contributed by atoms with van der Waals surface area (Å²) in [5, 5.41) is 12.3. The summed E-state index contributed by atoms with van der Waals surface area (Å²) >= 11 is 0. The first-order chi connectivity index (χ1) is 15.0. The zero-order chi connectivity index (χ0) is 23.7. The summed E-state index contributed by atoms with van der Waals surface area (Å²) in [5.41, 5.74) is 0.599. The van der Waals surface area contributed by atoms with E-state index in [1.54, 1.807) is 30.3 Å². The van der Waals surface area contributed by atoms with E-state index in [2.05, 4.69) is 14.8 Å². The number of benzene rings is 1. The molecule has 0 saturated heterocycles. The van der Waals surface area contributed by atoms with Crippen LogP contribution in [0.3, 0.4) is 0 Å². The maximum atomic E-state index is 13.2. The maximum absolute atomic E-state index is 13.2. The van der Waals surface area contributed by atoms with Gasteiger partial charge in [0.25, 0.3) is 0 Å². The number of hydrogen-bond acceptors (Lipinski definition) is 6. The van der Waals surface area contributed by atoms with Gasteiger partial charge in [0.15, 0.2) is 5.69 Å². The van der Waals surface area contributed by atoms with Crippen LogP contribution in [0.1, 0.15) is 29.8 Å². The summed E-state index contributed by atoms with van der Waals surface area (Å²) in [6.45, 7) is 1.51. The molecule has 3 rings (SSSR count). The van der Waals surface area contributed by atoms with Crippen molar-refractivity contribution in [3.8, 4) is 23.1 Å². The lowest BCUT2D eigenvalue weighted by Crippen LogP contribution is -2.28. The van der Waals surface area contributed by atoms with Gasteiger partial charge >= 0.3 is 6.18 Å². The van der Waals surface area contributed by atoms with Gasteiger partial charge in [0.2, 0.25) is 15.9 Å². The van der Waals surface area contributed by atoms with E-state index in [4.69, 9.17) is 10.00 Å². The van der Waals surface area contributed by atoms with Crippen molar-refractivity contribution in [2.75, 3.05) is 7.11 Å². The molecule has 12 heteroatoms. The average Bonchev–Trinajstić information content (AvgIpc) is 3.16. The Kier molecular flexibility index (Phi) is 6.25. The highest BCUT2D eigenvalue weighted by atomic mass is 32.2. The first kappa shape index (κ1) is 23.2. The molecule has 8 nitrogen and oxygen atoms in total. The fourth-order valence-corrected chi connectivity index (χ4v) is 4.49. The Hall–Kier alpha value is -3.43. The molecular formula is C20H18F3N5O3S. The summed E-state index contributed by atoms with van der Waals surface area (Å²) in [4.78, 5) is 3.13. The van der Waals surface area contributed by atoms with Crippen LogP contribution in [-0.4, -0.2) is 30.3 Å². The monoisotopic (exact) mass is 465 g/mol. The van der Waals surface area contributed by atoms with Gasteiger partial charge in [-0.2, -0.15) is 23.5 Å². The number of sulfonamides is 1. The van der Waals surface area contributed by atoms with Crippen molar-refractivity contribution in [1.82, 2.24) is 19.5 Å². The van der Waals surface area contributed by atoms with Gasteiger partial charge in [-0.3, -0.25) is 4.68 Å². The van der Waals surface area contributed by atoms with Crippen molar-refractivity contribution in [3.05, 3.63) is 59.5 Å². The minimum atomic E-state index is -4.92. The predicted octanol–water partition coefficient (Wildman–Crippen LogP) is 3.42. The standard InChI is InChI=1S/C20H18F3N5O3S/c1-12(27-32(29,30)17-11-28(2)26-18(17)20(21,22)23)14-4-6-15(7-5-14)16-8-13(9-24)10-25-19(16)31-3/h4-8,10-12,27H,1-3H3. The number of nitriles is 1. The van der Waals surface area contributed by atoms with E-state index in [0.717, 1.165) is 10.9 Å². The normalized spacial score (nSPS) is 12.9. The second-order valence-corrected chi connectivity index (χ2v) is 8.55. The Morgan fingerprint density at radius 3 is 2.47 bits per heavy atom. The molecule has 3 aromatic rings. The van der Waals surface area contributed by atoms with Crippen molar-refractivity contribution in [2.24, 2.45) is 7.05 Å². The number of halogens is 3. The molecule has 0 spiro atoms. The van der Waals surface area contributed by atoms with Crippen LogP contribution in [-0.2, 0) is 23.2 Å². The molecule has 0 aliphatic carbocycles. The summed E-state index contributed by atoms with van der Waals surface area (Å²) in [5.74, 6) is 0.307. The molecule has 0 fully saturated rings. The number of hydrogen-bond donors (Lipinski definition) is 1. The summed E-state index contributed by atoms with van der Waals surface area (Å²) < 4.78 is 73.0. The zero-order valence-corrected chi connectivity index (χ0v) is 18.0. The van der Waals surface area contributed by atoms with E-state index in [-0.39, 0.29) is 0 Å². The van der Waals surface area contributed by atoms with E-state index in [9.17, 15) is 21.6 Å². The number of nitrogens with one attached hydrogen (secondary N) is 1. The fraction of sp³-hybridized carbons (Fsp3) is 0.250. The minimum Gasteiger partial charge on any atom is -0.481 e. The second kappa shape index (κ2) is 8.60. The van der Waals surface area contributed by atoms with Crippen molar-refractivity contribution >= 4 is 10.0 Å². The van der Waals surface area contributed by atoms with Crippen molar-refractivity contribution in [1.29, 1.82) is 5.26 Å². The molecule has 32 heavy (non-hydrogen) atoms. The fourth-order valence-electron chi connectivity index (χ4n) is 3.06. The zero-order valence-electron chi connectivity index (χ0n) is 17.2. The van der Waals surface area contributed by atoms with Gasteiger partial charge in [-0.1, -0.05) is 24.3 Å². The Balaban J connectivity index is 1.88. The Labute approximate surface area is 182 Å². The second-order valence-electron chi connectivity index (χ2n) is 6.87. The van der Waals surface area contributed by atoms with Crippen LogP contribution in [0, 0.1) is 11.3 Å². The third kappa shape index (κ3) is 4.74. The molecule has 0 saturated carbocycles. The molecule has 0 bridgehead atoms. The number of pyridine rings is 1. The van der Waals surface area contributed by atoms with Crippen LogP contribution in [0.25, 0.3) is 11.1 Å². The Bertz CT molecular complexity index is 1280. The number of methoxy groups -OCH3 is 1. The molecule has 1 atom stereocenters. The van der Waals surface area contributed by atoms with E-state index in [1.807, 2.05) is 6.07 Å². The third-order valence-corrected chi connectivity index (χ3v) is 6.12. The minimum absolute atomic E-state index is 0.307. The molecule has 1 N–H and O–H groups in total. The molecular weight excluding hydrogens is 447 g/mol. The number of ether oxygens (including phenoxy) is 1. The average molecular weight is 465 g/mol. The van der Waals surface area contributed by atoms with E-state index >= 15 is 0 Å². The molecule has 168 valence electrons. The number of aromatic nitrogens is 3. The highest BCUT2D eigenvalue weighted by Gasteiger charge is 2.41. The lowest BCUT2D eigenvalue weighted by atomic mass is 10.0. The van der Waals surface area contributed by atoms with Crippen LogP contribution < -0.4 is 9.46 Å². The third-order valence-electron chi connectivity index (χ3n) is 4.58. The van der Waals surface area contributed by atoms with E-state index < -0.39 is 32.8 Å². The van der Waals surface area contributed by atoms with Crippen LogP contribution in [0.15, 0.2) is 47.6 Å². The molecule has 0 amide bonds. The van der Waals surface area contributed by atoms with Gasteiger partial charge in [-0.25, -0.2) is 18.1 Å². The lowest BCUT2D eigenvalue weighted by Gasteiger charge is -2.16. The van der Waals surface area contributed by atoms with Gasteiger partial charge in [-0.15, -0.1) is 0 Å². The van der Waals surface area contributed by atoms with Gasteiger partial charge in [0.05, 0.1) is 12.7 Å². The van der Waals surface area contributed by atoms with E-state index in [0.29, 0.717) is 28.1 Å². The number of rotatable bonds is 6. The van der Waals surface area contributed by atoms with Crippen molar-refractivity contribution < 1.29 is 26.3 Å². The maximum Gasteiger partial charge on any atom is 0.436 e. The van der Waals surface area contributed by atoms with Gasteiger partial charge in [0.1, 0.15) is 11.0 Å². The topological polar surface area (TPSA) is 110 Å². The molecule has 1 unspecified atom stereocenters. The smallest absolute Gasteiger partial charge is 0.436 e. The Morgan fingerprint density at radius 2 is 1.91 bits per heavy atom. The first-order valence-electron chi connectivity index (χ1n) is 9.14. The molecule has 0 aliphatic heterocycles. The van der Waals surface area contributed by atoms with E-state index in [1.165, 1.54) is 27.3 Å². The number of alkyl halides is 3. The summed E-state index contributed by atoms with van der Waals surface area (Å²) in [6, 6.07) is 9.35. The van der Waals surface area contributed by atoms with Crippen LogP contribution >= 0.6 is 0 Å². The summed E-state index contributed by atoms with van der Waals surface area (Å²) in [6.07, 6.45) is -2.73.